The Morgan fingerprint density at radius 1 is 1.14 bits per heavy atom. The van der Waals surface area contributed by atoms with Crippen LogP contribution in [0.15, 0.2) is 48.1 Å². The van der Waals surface area contributed by atoms with Gasteiger partial charge in [0.2, 0.25) is 0 Å². The molecule has 1 saturated heterocycles. The van der Waals surface area contributed by atoms with E-state index in [1.54, 1.807) is 0 Å². The minimum absolute atomic E-state index is 0.697. The van der Waals surface area contributed by atoms with Crippen molar-refractivity contribution in [2.24, 2.45) is 0 Å². The van der Waals surface area contributed by atoms with Crippen molar-refractivity contribution in [1.82, 2.24) is 5.32 Å². The number of rotatable bonds is 6. The van der Waals surface area contributed by atoms with Crippen LogP contribution in [0.3, 0.4) is 0 Å². The number of ether oxygens (including phenoxy) is 1. The Hall–Kier alpha value is -1.54. The molecule has 118 valence electrons. The van der Waals surface area contributed by atoms with Gasteiger partial charge in [-0.25, -0.2) is 0 Å². The summed E-state index contributed by atoms with van der Waals surface area (Å²) in [4.78, 5) is 0. The minimum atomic E-state index is 0.697. The van der Waals surface area contributed by atoms with Crippen LogP contribution in [0, 0.1) is 0 Å². The molecule has 2 nitrogen and oxygen atoms in total. The first-order valence-corrected chi connectivity index (χ1v) is 8.71. The lowest BCUT2D eigenvalue weighted by molar-refractivity contribution is 0.310. The van der Waals surface area contributed by atoms with Crippen LogP contribution in [-0.4, -0.2) is 19.7 Å². The largest absolute Gasteiger partial charge is 0.494 e. The van der Waals surface area contributed by atoms with Gasteiger partial charge in [0, 0.05) is 0 Å². The van der Waals surface area contributed by atoms with E-state index in [4.69, 9.17) is 4.74 Å². The van der Waals surface area contributed by atoms with Crippen molar-refractivity contribution in [1.29, 1.82) is 0 Å². The van der Waals surface area contributed by atoms with Crippen LogP contribution < -0.4 is 10.1 Å². The van der Waals surface area contributed by atoms with E-state index in [2.05, 4.69) is 47.8 Å². The summed E-state index contributed by atoms with van der Waals surface area (Å²) in [6.45, 7) is 3.08. The molecule has 0 bridgehead atoms. The summed E-state index contributed by atoms with van der Waals surface area (Å²) < 4.78 is 5.96. The Bertz CT molecular complexity index is 526. The van der Waals surface area contributed by atoms with Crippen LogP contribution >= 0.6 is 0 Å². The number of nitrogens with one attached hydrogen (secondary N) is 1. The van der Waals surface area contributed by atoms with Crippen LogP contribution in [0.25, 0.3) is 0 Å². The highest BCUT2D eigenvalue weighted by Crippen LogP contribution is 2.28. The molecule has 1 aromatic rings. The van der Waals surface area contributed by atoms with E-state index >= 15 is 0 Å². The van der Waals surface area contributed by atoms with E-state index in [9.17, 15) is 0 Å². The molecule has 1 N–H and O–H groups in total. The van der Waals surface area contributed by atoms with E-state index in [1.165, 1.54) is 36.8 Å². The summed E-state index contributed by atoms with van der Waals surface area (Å²) in [7, 11) is 0. The fourth-order valence-electron chi connectivity index (χ4n) is 3.33. The number of piperidine rings is 1. The summed E-state index contributed by atoms with van der Waals surface area (Å²) in [5.41, 5.74) is 2.91. The topological polar surface area (TPSA) is 21.3 Å². The number of hydrogen-bond donors (Lipinski definition) is 1. The Morgan fingerprint density at radius 3 is 2.86 bits per heavy atom. The molecule has 0 radical (unpaired) electrons. The molecule has 22 heavy (non-hydrogen) atoms. The maximum atomic E-state index is 5.96. The van der Waals surface area contributed by atoms with E-state index in [0.29, 0.717) is 5.92 Å². The van der Waals surface area contributed by atoms with E-state index < -0.39 is 0 Å². The molecule has 3 rings (SSSR count). The van der Waals surface area contributed by atoms with Crippen molar-refractivity contribution < 1.29 is 4.74 Å². The summed E-state index contributed by atoms with van der Waals surface area (Å²) in [6, 6.07) is 8.72. The molecule has 0 aromatic heterocycles. The summed E-state index contributed by atoms with van der Waals surface area (Å²) in [6.07, 6.45) is 14.0. The Morgan fingerprint density at radius 2 is 2.05 bits per heavy atom. The SMILES string of the molecule is C1=CC(CCCOc2cccc(C3CCNCC3)c2)=CCC1. The molecule has 0 amide bonds. The van der Waals surface area contributed by atoms with Gasteiger partial charge in [-0.15, -0.1) is 0 Å². The molecule has 2 heteroatoms. The van der Waals surface area contributed by atoms with Gasteiger partial charge in [0.15, 0.2) is 0 Å². The predicted molar refractivity (Wildman–Crippen MR) is 92.5 cm³/mol. The average molecular weight is 297 g/mol. The van der Waals surface area contributed by atoms with Crippen LogP contribution in [0.5, 0.6) is 5.75 Å². The van der Waals surface area contributed by atoms with Gasteiger partial charge in [-0.05, 0) is 75.2 Å². The second-order valence-corrected chi connectivity index (χ2v) is 6.31. The first-order chi connectivity index (χ1) is 10.9. The molecule has 0 unspecified atom stereocenters. The lowest BCUT2D eigenvalue weighted by atomic mass is 9.90. The number of benzene rings is 1. The van der Waals surface area contributed by atoms with Crippen molar-refractivity contribution in [3.63, 3.8) is 0 Å². The lowest BCUT2D eigenvalue weighted by Gasteiger charge is -2.23. The van der Waals surface area contributed by atoms with E-state index in [1.807, 2.05) is 0 Å². The summed E-state index contributed by atoms with van der Waals surface area (Å²) in [5.74, 6) is 1.73. The van der Waals surface area contributed by atoms with Gasteiger partial charge < -0.3 is 10.1 Å². The maximum Gasteiger partial charge on any atom is 0.119 e. The molecule has 1 aromatic carbocycles. The third-order valence-electron chi connectivity index (χ3n) is 4.62. The standard InChI is InChI=1S/C20H27NO/c1-2-6-17(7-3-1)8-5-15-22-20-10-4-9-19(16-20)18-11-13-21-14-12-18/h2,4,6-7,9-10,16,18,21H,1,3,5,8,11-15H2. The first kappa shape index (κ1) is 15.4. The van der Waals surface area contributed by atoms with Crippen LogP contribution in [0.2, 0.25) is 0 Å². The van der Waals surface area contributed by atoms with Gasteiger partial charge in [-0.3, -0.25) is 0 Å². The van der Waals surface area contributed by atoms with Gasteiger partial charge in [-0.2, -0.15) is 0 Å². The van der Waals surface area contributed by atoms with Crippen LogP contribution in [-0.2, 0) is 0 Å². The van der Waals surface area contributed by atoms with Gasteiger partial charge in [0.25, 0.3) is 0 Å². The normalized spacial score (nSPS) is 19.0. The van der Waals surface area contributed by atoms with E-state index in [0.717, 1.165) is 38.3 Å². The molecule has 2 aliphatic rings. The third-order valence-corrected chi connectivity index (χ3v) is 4.62. The van der Waals surface area contributed by atoms with Gasteiger partial charge >= 0.3 is 0 Å². The zero-order valence-electron chi connectivity index (χ0n) is 13.4. The van der Waals surface area contributed by atoms with Crippen molar-refractivity contribution >= 4 is 0 Å². The Balaban J connectivity index is 1.46. The third kappa shape index (κ3) is 4.48. The van der Waals surface area contributed by atoms with Crippen LogP contribution in [0.4, 0.5) is 0 Å². The fourth-order valence-corrected chi connectivity index (χ4v) is 3.33. The van der Waals surface area contributed by atoms with Gasteiger partial charge in [-0.1, -0.05) is 35.9 Å². The first-order valence-electron chi connectivity index (χ1n) is 8.71. The highest BCUT2D eigenvalue weighted by atomic mass is 16.5. The smallest absolute Gasteiger partial charge is 0.119 e. The molecule has 1 fully saturated rings. The molecule has 0 saturated carbocycles. The summed E-state index contributed by atoms with van der Waals surface area (Å²) in [5, 5.41) is 3.43. The fraction of sp³-hybridized carbons (Fsp3) is 0.500. The predicted octanol–water partition coefficient (Wildman–Crippen LogP) is 4.59. The Kier molecular flexibility index (Phi) is 5.72. The molecule has 0 spiro atoms. The minimum Gasteiger partial charge on any atom is -0.494 e. The second kappa shape index (κ2) is 8.19. The molecule has 0 atom stereocenters. The number of allylic oxidation sites excluding steroid dienone is 4. The van der Waals surface area contributed by atoms with E-state index in [-0.39, 0.29) is 0 Å². The molecular weight excluding hydrogens is 270 g/mol. The molecule has 1 heterocycles. The van der Waals surface area contributed by atoms with Crippen LogP contribution in [0.1, 0.15) is 50.0 Å². The van der Waals surface area contributed by atoms with Crippen molar-refractivity contribution in [3.8, 4) is 5.75 Å². The number of hydrogen-bond acceptors (Lipinski definition) is 2. The average Bonchev–Trinajstić information content (AvgIpc) is 2.61. The molecular formula is C20H27NO. The summed E-state index contributed by atoms with van der Waals surface area (Å²) >= 11 is 0. The van der Waals surface area contributed by atoms with Gasteiger partial charge in [0.1, 0.15) is 5.75 Å². The lowest BCUT2D eigenvalue weighted by Crippen LogP contribution is -2.26. The Labute approximate surface area is 134 Å². The zero-order valence-corrected chi connectivity index (χ0v) is 13.4. The van der Waals surface area contributed by atoms with Crippen molar-refractivity contribution in [2.45, 2.75) is 44.4 Å². The maximum absolute atomic E-state index is 5.96. The molecule has 1 aliphatic carbocycles. The van der Waals surface area contributed by atoms with Crippen molar-refractivity contribution in [3.05, 3.63) is 53.6 Å². The highest BCUT2D eigenvalue weighted by molar-refractivity contribution is 5.31. The van der Waals surface area contributed by atoms with Crippen molar-refractivity contribution in [2.75, 3.05) is 19.7 Å². The highest BCUT2D eigenvalue weighted by Gasteiger charge is 2.15. The monoisotopic (exact) mass is 297 g/mol. The quantitative estimate of drug-likeness (QED) is 0.775. The van der Waals surface area contributed by atoms with Gasteiger partial charge in [0.05, 0.1) is 6.61 Å². The zero-order chi connectivity index (χ0) is 15.0. The molecule has 1 aliphatic heterocycles. The second-order valence-electron chi connectivity index (χ2n) is 6.31.